The van der Waals surface area contributed by atoms with Crippen molar-refractivity contribution in [2.45, 2.75) is 12.5 Å². The minimum absolute atomic E-state index is 0.221. The third kappa shape index (κ3) is 2.44. The SMILES string of the molecule is COc1ccccc1C(C)(N)c1ccc(F)cc1F. The summed E-state index contributed by atoms with van der Waals surface area (Å²) in [6, 6.07) is 10.5. The number of hydrogen-bond donors (Lipinski definition) is 1. The molecule has 4 heteroatoms. The Morgan fingerprint density at radius 3 is 2.37 bits per heavy atom. The van der Waals surface area contributed by atoms with Gasteiger partial charge in [-0.1, -0.05) is 24.3 Å². The number of para-hydroxylation sites is 1. The predicted molar refractivity (Wildman–Crippen MR) is 70.0 cm³/mol. The lowest BCUT2D eigenvalue weighted by atomic mass is 9.84. The molecule has 19 heavy (non-hydrogen) atoms. The van der Waals surface area contributed by atoms with Gasteiger partial charge >= 0.3 is 0 Å². The summed E-state index contributed by atoms with van der Waals surface area (Å²) in [5.74, 6) is -0.732. The van der Waals surface area contributed by atoms with Crippen LogP contribution in [0.2, 0.25) is 0 Å². The van der Waals surface area contributed by atoms with Crippen LogP contribution in [0.5, 0.6) is 5.75 Å². The van der Waals surface area contributed by atoms with Crippen LogP contribution in [0.3, 0.4) is 0 Å². The molecule has 2 nitrogen and oxygen atoms in total. The Labute approximate surface area is 110 Å². The number of methoxy groups -OCH3 is 1. The number of nitrogens with two attached hydrogens (primary N) is 1. The molecule has 0 saturated carbocycles. The van der Waals surface area contributed by atoms with E-state index in [1.165, 1.54) is 19.2 Å². The molecule has 0 saturated heterocycles. The van der Waals surface area contributed by atoms with Crippen molar-refractivity contribution in [2.24, 2.45) is 5.73 Å². The number of benzene rings is 2. The number of rotatable bonds is 3. The Morgan fingerprint density at radius 1 is 1.05 bits per heavy atom. The quantitative estimate of drug-likeness (QED) is 0.923. The highest BCUT2D eigenvalue weighted by atomic mass is 19.1. The number of ether oxygens (including phenoxy) is 1. The second-order valence-electron chi connectivity index (χ2n) is 4.53. The molecule has 0 radical (unpaired) electrons. The van der Waals surface area contributed by atoms with Crippen LogP contribution in [0.15, 0.2) is 42.5 Å². The summed E-state index contributed by atoms with van der Waals surface area (Å²) < 4.78 is 32.1. The van der Waals surface area contributed by atoms with Crippen LogP contribution in [0.25, 0.3) is 0 Å². The van der Waals surface area contributed by atoms with Crippen LogP contribution >= 0.6 is 0 Å². The van der Waals surface area contributed by atoms with Gasteiger partial charge in [-0.2, -0.15) is 0 Å². The molecule has 0 bridgehead atoms. The maximum atomic E-state index is 13.9. The molecule has 0 aromatic heterocycles. The monoisotopic (exact) mass is 263 g/mol. The molecule has 1 atom stereocenters. The van der Waals surface area contributed by atoms with E-state index in [2.05, 4.69) is 0 Å². The van der Waals surface area contributed by atoms with Gasteiger partial charge in [0.25, 0.3) is 0 Å². The van der Waals surface area contributed by atoms with Gasteiger partial charge < -0.3 is 10.5 Å². The van der Waals surface area contributed by atoms with Gasteiger partial charge in [-0.3, -0.25) is 0 Å². The zero-order valence-electron chi connectivity index (χ0n) is 10.8. The molecule has 0 aliphatic carbocycles. The van der Waals surface area contributed by atoms with Crippen molar-refractivity contribution in [1.82, 2.24) is 0 Å². The lowest BCUT2D eigenvalue weighted by molar-refractivity contribution is 0.396. The lowest BCUT2D eigenvalue weighted by Gasteiger charge is -2.28. The van der Waals surface area contributed by atoms with Gasteiger partial charge in [0.1, 0.15) is 17.4 Å². The topological polar surface area (TPSA) is 35.2 Å². The molecule has 0 aliphatic heterocycles. The van der Waals surface area contributed by atoms with E-state index in [1.54, 1.807) is 31.2 Å². The highest BCUT2D eigenvalue weighted by Gasteiger charge is 2.29. The van der Waals surface area contributed by atoms with E-state index in [-0.39, 0.29) is 5.56 Å². The maximum Gasteiger partial charge on any atom is 0.131 e. The molecule has 0 heterocycles. The molecular weight excluding hydrogens is 248 g/mol. The van der Waals surface area contributed by atoms with Gasteiger partial charge in [0, 0.05) is 17.2 Å². The molecular formula is C15H15F2NO. The fourth-order valence-electron chi connectivity index (χ4n) is 2.13. The second kappa shape index (κ2) is 4.97. The molecule has 0 spiro atoms. The summed E-state index contributed by atoms with van der Waals surface area (Å²) >= 11 is 0. The van der Waals surface area contributed by atoms with Crippen LogP contribution in [0, 0.1) is 11.6 Å². The van der Waals surface area contributed by atoms with E-state index in [4.69, 9.17) is 10.5 Å². The van der Waals surface area contributed by atoms with Crippen LogP contribution in [0.1, 0.15) is 18.1 Å². The van der Waals surface area contributed by atoms with E-state index in [9.17, 15) is 8.78 Å². The van der Waals surface area contributed by atoms with Crippen molar-refractivity contribution >= 4 is 0 Å². The Balaban J connectivity index is 2.58. The van der Waals surface area contributed by atoms with E-state index < -0.39 is 17.2 Å². The Hall–Kier alpha value is -1.94. The smallest absolute Gasteiger partial charge is 0.131 e. The molecule has 2 aromatic carbocycles. The molecule has 2 rings (SSSR count). The zero-order valence-corrected chi connectivity index (χ0v) is 10.8. The summed E-state index contributed by atoms with van der Waals surface area (Å²) in [4.78, 5) is 0. The van der Waals surface area contributed by atoms with Gasteiger partial charge in [0.05, 0.1) is 12.6 Å². The van der Waals surface area contributed by atoms with Crippen molar-refractivity contribution in [2.75, 3.05) is 7.11 Å². The fourth-order valence-corrected chi connectivity index (χ4v) is 2.13. The molecule has 0 amide bonds. The first-order chi connectivity index (χ1) is 8.96. The molecule has 1 unspecified atom stereocenters. The summed E-state index contributed by atoms with van der Waals surface area (Å²) in [7, 11) is 1.52. The van der Waals surface area contributed by atoms with Crippen LogP contribution in [0.4, 0.5) is 8.78 Å². The second-order valence-corrected chi connectivity index (χ2v) is 4.53. The summed E-state index contributed by atoms with van der Waals surface area (Å²) in [5.41, 5.74) is 6.00. The van der Waals surface area contributed by atoms with Crippen molar-refractivity contribution in [3.63, 3.8) is 0 Å². The fraction of sp³-hybridized carbons (Fsp3) is 0.200. The average molecular weight is 263 g/mol. The Bertz CT molecular complexity index is 596. The van der Waals surface area contributed by atoms with Crippen molar-refractivity contribution < 1.29 is 13.5 Å². The first-order valence-electron chi connectivity index (χ1n) is 5.84. The van der Waals surface area contributed by atoms with E-state index in [0.29, 0.717) is 11.3 Å². The third-order valence-electron chi connectivity index (χ3n) is 3.16. The normalized spacial score (nSPS) is 13.9. The van der Waals surface area contributed by atoms with Crippen LogP contribution < -0.4 is 10.5 Å². The van der Waals surface area contributed by atoms with Gasteiger partial charge in [-0.25, -0.2) is 8.78 Å². The predicted octanol–water partition coefficient (Wildman–Crippen LogP) is 3.20. The van der Waals surface area contributed by atoms with Crippen molar-refractivity contribution in [3.8, 4) is 5.75 Å². The van der Waals surface area contributed by atoms with Gasteiger partial charge in [0.2, 0.25) is 0 Å². The van der Waals surface area contributed by atoms with Crippen LogP contribution in [-0.4, -0.2) is 7.11 Å². The first-order valence-corrected chi connectivity index (χ1v) is 5.84. The Kier molecular flexibility index (Phi) is 3.53. The van der Waals surface area contributed by atoms with Crippen LogP contribution in [-0.2, 0) is 5.54 Å². The summed E-state index contributed by atoms with van der Waals surface area (Å²) in [5, 5.41) is 0. The third-order valence-corrected chi connectivity index (χ3v) is 3.16. The highest BCUT2D eigenvalue weighted by molar-refractivity contribution is 5.45. The molecule has 100 valence electrons. The Morgan fingerprint density at radius 2 is 1.74 bits per heavy atom. The maximum absolute atomic E-state index is 13.9. The van der Waals surface area contributed by atoms with Gasteiger partial charge in [0.15, 0.2) is 0 Å². The first kappa shape index (κ1) is 13.5. The van der Waals surface area contributed by atoms with Gasteiger partial charge in [-0.15, -0.1) is 0 Å². The van der Waals surface area contributed by atoms with E-state index in [1.807, 2.05) is 0 Å². The van der Waals surface area contributed by atoms with Gasteiger partial charge in [-0.05, 0) is 19.1 Å². The molecule has 2 N–H and O–H groups in total. The van der Waals surface area contributed by atoms with Crippen molar-refractivity contribution in [3.05, 3.63) is 65.2 Å². The summed E-state index contributed by atoms with van der Waals surface area (Å²) in [6.07, 6.45) is 0. The number of hydrogen-bond acceptors (Lipinski definition) is 2. The van der Waals surface area contributed by atoms with E-state index >= 15 is 0 Å². The standard InChI is InChI=1S/C15H15F2NO/c1-15(18,11-8-7-10(16)9-13(11)17)12-5-3-4-6-14(12)19-2/h3-9H,18H2,1-2H3. The summed E-state index contributed by atoms with van der Waals surface area (Å²) in [6.45, 7) is 1.67. The van der Waals surface area contributed by atoms with Crippen molar-refractivity contribution in [1.29, 1.82) is 0 Å². The molecule has 0 aliphatic rings. The average Bonchev–Trinajstić information content (AvgIpc) is 2.38. The minimum Gasteiger partial charge on any atom is -0.496 e. The minimum atomic E-state index is -1.11. The highest BCUT2D eigenvalue weighted by Crippen LogP contribution is 2.34. The zero-order chi connectivity index (χ0) is 14.0. The number of halogens is 2. The lowest BCUT2D eigenvalue weighted by Crippen LogP contribution is -2.35. The van der Waals surface area contributed by atoms with E-state index in [0.717, 1.165) is 6.07 Å². The molecule has 0 fully saturated rings. The molecule has 2 aromatic rings. The largest absolute Gasteiger partial charge is 0.496 e.